The molecule has 0 amide bonds. The van der Waals surface area contributed by atoms with Crippen LogP contribution in [0.25, 0.3) is 0 Å². The summed E-state index contributed by atoms with van der Waals surface area (Å²) in [6.45, 7) is 7.23. The lowest BCUT2D eigenvalue weighted by Crippen LogP contribution is -2.09. The molecule has 2 aromatic rings. The van der Waals surface area contributed by atoms with E-state index in [4.69, 9.17) is 4.74 Å². The van der Waals surface area contributed by atoms with E-state index in [-0.39, 0.29) is 0 Å². The number of aromatic nitrogens is 2. The zero-order valence-corrected chi connectivity index (χ0v) is 13.7. The summed E-state index contributed by atoms with van der Waals surface area (Å²) < 4.78 is 5.35. The van der Waals surface area contributed by atoms with Gasteiger partial charge in [-0.15, -0.1) is 0 Å². The summed E-state index contributed by atoms with van der Waals surface area (Å²) in [5.41, 5.74) is 1.80. The maximum absolute atomic E-state index is 5.35. The molecule has 2 rings (SSSR count). The van der Waals surface area contributed by atoms with Crippen molar-refractivity contribution in [3.8, 4) is 5.75 Å². The Morgan fingerprint density at radius 3 is 2.68 bits per heavy atom. The van der Waals surface area contributed by atoms with Crippen molar-refractivity contribution in [2.45, 2.75) is 27.2 Å². The van der Waals surface area contributed by atoms with Crippen LogP contribution < -0.4 is 15.4 Å². The third-order valence-corrected chi connectivity index (χ3v) is 3.23. The number of anilines is 3. The van der Waals surface area contributed by atoms with Gasteiger partial charge in [-0.2, -0.15) is 4.98 Å². The van der Waals surface area contributed by atoms with Crippen molar-refractivity contribution >= 4 is 17.5 Å². The van der Waals surface area contributed by atoms with E-state index in [0.717, 1.165) is 35.9 Å². The highest BCUT2D eigenvalue weighted by atomic mass is 16.5. The summed E-state index contributed by atoms with van der Waals surface area (Å²) in [5, 5.41) is 6.57. The van der Waals surface area contributed by atoms with Crippen molar-refractivity contribution < 1.29 is 4.74 Å². The first-order chi connectivity index (χ1) is 10.6. The van der Waals surface area contributed by atoms with Crippen LogP contribution in [0, 0.1) is 12.8 Å². The van der Waals surface area contributed by atoms with Crippen molar-refractivity contribution in [2.24, 2.45) is 5.92 Å². The van der Waals surface area contributed by atoms with Gasteiger partial charge >= 0.3 is 0 Å². The van der Waals surface area contributed by atoms with Crippen molar-refractivity contribution in [3.63, 3.8) is 0 Å². The second-order valence-electron chi connectivity index (χ2n) is 5.65. The molecule has 5 nitrogen and oxygen atoms in total. The van der Waals surface area contributed by atoms with Crippen LogP contribution in [0.2, 0.25) is 0 Å². The van der Waals surface area contributed by atoms with E-state index in [1.165, 1.54) is 0 Å². The lowest BCUT2D eigenvalue weighted by molar-refractivity contribution is 0.417. The van der Waals surface area contributed by atoms with E-state index >= 15 is 0 Å². The Kier molecular flexibility index (Phi) is 5.58. The lowest BCUT2D eigenvalue weighted by atomic mass is 10.1. The van der Waals surface area contributed by atoms with Crippen LogP contribution in [-0.4, -0.2) is 23.6 Å². The topological polar surface area (TPSA) is 59.1 Å². The van der Waals surface area contributed by atoms with Gasteiger partial charge in [0.1, 0.15) is 11.6 Å². The molecule has 2 N–H and O–H groups in total. The number of nitrogens with one attached hydrogen (secondary N) is 2. The van der Waals surface area contributed by atoms with E-state index in [1.807, 2.05) is 37.3 Å². The monoisotopic (exact) mass is 300 g/mol. The Labute approximate surface area is 132 Å². The zero-order chi connectivity index (χ0) is 15.9. The van der Waals surface area contributed by atoms with Crippen LogP contribution in [-0.2, 0) is 0 Å². The summed E-state index contributed by atoms with van der Waals surface area (Å²) in [4.78, 5) is 8.93. The molecule has 0 aliphatic heterocycles. The molecule has 0 radical (unpaired) electrons. The number of aryl methyl sites for hydroxylation is 1. The summed E-state index contributed by atoms with van der Waals surface area (Å²) in [7, 11) is 1.66. The molecular weight excluding hydrogens is 276 g/mol. The molecule has 0 aliphatic carbocycles. The highest BCUT2D eigenvalue weighted by Gasteiger charge is 2.06. The van der Waals surface area contributed by atoms with Gasteiger partial charge in [-0.05, 0) is 31.4 Å². The Morgan fingerprint density at radius 2 is 1.95 bits per heavy atom. The highest BCUT2D eigenvalue weighted by molar-refractivity contribution is 5.64. The number of ether oxygens (including phenoxy) is 1. The van der Waals surface area contributed by atoms with Crippen LogP contribution in [0.15, 0.2) is 30.3 Å². The van der Waals surface area contributed by atoms with Crippen LogP contribution in [0.4, 0.5) is 17.5 Å². The SMILES string of the molecule is COc1ccccc1Nc1cc(C)nc(NCCC(C)C)n1. The molecule has 0 aliphatic rings. The minimum Gasteiger partial charge on any atom is -0.495 e. The minimum absolute atomic E-state index is 0.651. The number of nitrogens with zero attached hydrogens (tertiary/aromatic N) is 2. The van der Waals surface area contributed by atoms with Crippen LogP contribution in [0.3, 0.4) is 0 Å². The predicted molar refractivity (Wildman–Crippen MR) is 91.0 cm³/mol. The largest absolute Gasteiger partial charge is 0.495 e. The molecular formula is C17H24N4O. The lowest BCUT2D eigenvalue weighted by Gasteiger charge is -2.12. The van der Waals surface area contributed by atoms with E-state index in [0.29, 0.717) is 11.9 Å². The molecule has 0 atom stereocenters. The second-order valence-corrected chi connectivity index (χ2v) is 5.65. The molecule has 0 bridgehead atoms. The Bertz CT molecular complexity index is 613. The van der Waals surface area contributed by atoms with Gasteiger partial charge in [0.2, 0.25) is 5.95 Å². The Balaban J connectivity index is 2.12. The minimum atomic E-state index is 0.651. The van der Waals surface area contributed by atoms with Gasteiger partial charge in [-0.3, -0.25) is 0 Å². The molecule has 1 aromatic heterocycles. The molecule has 22 heavy (non-hydrogen) atoms. The number of hydrogen-bond donors (Lipinski definition) is 2. The average Bonchev–Trinajstić information content (AvgIpc) is 2.47. The van der Waals surface area contributed by atoms with Crippen molar-refractivity contribution in [2.75, 3.05) is 24.3 Å². The van der Waals surface area contributed by atoms with Crippen LogP contribution >= 0.6 is 0 Å². The number of benzene rings is 1. The third-order valence-electron chi connectivity index (χ3n) is 3.23. The molecule has 0 saturated heterocycles. The quantitative estimate of drug-likeness (QED) is 0.809. The smallest absolute Gasteiger partial charge is 0.224 e. The number of methoxy groups -OCH3 is 1. The third kappa shape index (κ3) is 4.62. The van der Waals surface area contributed by atoms with Gasteiger partial charge in [0.15, 0.2) is 0 Å². The van der Waals surface area contributed by atoms with Gasteiger partial charge in [0.05, 0.1) is 12.8 Å². The number of hydrogen-bond acceptors (Lipinski definition) is 5. The van der Waals surface area contributed by atoms with Crippen LogP contribution in [0.1, 0.15) is 26.0 Å². The van der Waals surface area contributed by atoms with Gasteiger partial charge in [-0.25, -0.2) is 4.98 Å². The maximum Gasteiger partial charge on any atom is 0.224 e. The first-order valence-electron chi connectivity index (χ1n) is 7.58. The van der Waals surface area contributed by atoms with Gasteiger partial charge in [0.25, 0.3) is 0 Å². The van der Waals surface area contributed by atoms with E-state index in [1.54, 1.807) is 7.11 Å². The van der Waals surface area contributed by atoms with Gasteiger partial charge < -0.3 is 15.4 Å². The molecule has 5 heteroatoms. The standard InChI is InChI=1S/C17H24N4O/c1-12(2)9-10-18-17-19-13(3)11-16(21-17)20-14-7-5-6-8-15(14)22-4/h5-8,11-12H,9-10H2,1-4H3,(H2,18,19,20,21). The van der Waals surface area contributed by atoms with Crippen molar-refractivity contribution in [1.29, 1.82) is 0 Å². The fraction of sp³-hybridized carbons (Fsp3) is 0.412. The highest BCUT2D eigenvalue weighted by Crippen LogP contribution is 2.26. The normalized spacial score (nSPS) is 10.6. The van der Waals surface area contributed by atoms with E-state index in [2.05, 4.69) is 34.4 Å². The molecule has 0 fully saturated rings. The molecule has 0 saturated carbocycles. The Morgan fingerprint density at radius 1 is 1.18 bits per heavy atom. The summed E-state index contributed by atoms with van der Waals surface area (Å²) >= 11 is 0. The molecule has 1 heterocycles. The van der Waals surface area contributed by atoms with Gasteiger partial charge in [0, 0.05) is 18.3 Å². The number of rotatable bonds is 7. The first-order valence-corrected chi connectivity index (χ1v) is 7.58. The summed E-state index contributed by atoms with van der Waals surface area (Å²) in [6.07, 6.45) is 1.09. The number of para-hydroxylation sites is 2. The van der Waals surface area contributed by atoms with Crippen molar-refractivity contribution in [1.82, 2.24) is 9.97 Å². The first kappa shape index (κ1) is 16.1. The molecule has 0 spiro atoms. The predicted octanol–water partition coefficient (Wildman–Crippen LogP) is 4.00. The molecule has 118 valence electrons. The fourth-order valence-corrected chi connectivity index (χ4v) is 2.07. The summed E-state index contributed by atoms with van der Waals surface area (Å²) in [5.74, 6) is 2.85. The van der Waals surface area contributed by atoms with E-state index in [9.17, 15) is 0 Å². The molecule has 0 unspecified atom stereocenters. The Hall–Kier alpha value is -2.30. The average molecular weight is 300 g/mol. The van der Waals surface area contributed by atoms with Crippen LogP contribution in [0.5, 0.6) is 5.75 Å². The van der Waals surface area contributed by atoms with E-state index < -0.39 is 0 Å². The zero-order valence-electron chi connectivity index (χ0n) is 13.7. The second kappa shape index (κ2) is 7.64. The summed E-state index contributed by atoms with van der Waals surface area (Å²) in [6, 6.07) is 9.69. The maximum atomic E-state index is 5.35. The van der Waals surface area contributed by atoms with Crippen molar-refractivity contribution in [3.05, 3.63) is 36.0 Å². The fourth-order valence-electron chi connectivity index (χ4n) is 2.07. The van der Waals surface area contributed by atoms with Gasteiger partial charge in [-0.1, -0.05) is 26.0 Å². The molecule has 1 aromatic carbocycles.